The summed E-state index contributed by atoms with van der Waals surface area (Å²) in [5, 5.41) is 7.13. The summed E-state index contributed by atoms with van der Waals surface area (Å²) in [5.41, 5.74) is 3.11. The Morgan fingerprint density at radius 1 is 1.20 bits per heavy atom. The summed E-state index contributed by atoms with van der Waals surface area (Å²) < 4.78 is 29.6. The minimum absolute atomic E-state index is 0.231. The molecule has 1 aromatic carbocycles. The van der Waals surface area contributed by atoms with Gasteiger partial charge in [0.2, 0.25) is 10.0 Å². The molecule has 0 spiro atoms. The lowest BCUT2D eigenvalue weighted by Crippen LogP contribution is -2.24. The van der Waals surface area contributed by atoms with Gasteiger partial charge >= 0.3 is 0 Å². The molecular weight excluding hydrogens is 422 g/mol. The lowest BCUT2D eigenvalue weighted by Gasteiger charge is -2.09. The molecule has 0 fully saturated rings. The van der Waals surface area contributed by atoms with Gasteiger partial charge in [-0.25, -0.2) is 13.1 Å². The second-order valence-corrected chi connectivity index (χ2v) is 9.86. The van der Waals surface area contributed by atoms with Crippen LogP contribution in [0.2, 0.25) is 0 Å². The first-order valence-corrected chi connectivity index (χ1v) is 10.7. The van der Waals surface area contributed by atoms with Crippen LogP contribution in [0.5, 0.6) is 0 Å². The Hall–Kier alpha value is -1.48. The fourth-order valence-corrected chi connectivity index (χ4v) is 6.06. The zero-order valence-electron chi connectivity index (χ0n) is 14.1. The van der Waals surface area contributed by atoms with E-state index in [-0.39, 0.29) is 6.54 Å². The van der Waals surface area contributed by atoms with Crippen LogP contribution in [-0.2, 0) is 16.6 Å². The molecule has 5 nitrogen and oxygen atoms in total. The number of aromatic amines is 1. The van der Waals surface area contributed by atoms with Crippen molar-refractivity contribution in [1.82, 2.24) is 14.9 Å². The smallest absolute Gasteiger partial charge is 0.242 e. The van der Waals surface area contributed by atoms with Gasteiger partial charge in [-0.15, -0.1) is 11.3 Å². The summed E-state index contributed by atoms with van der Waals surface area (Å²) in [7, 11) is -3.66. The van der Waals surface area contributed by atoms with Gasteiger partial charge in [-0.1, -0.05) is 28.1 Å². The van der Waals surface area contributed by atoms with Crippen LogP contribution >= 0.6 is 27.3 Å². The number of nitrogens with zero attached hydrogens (tertiary/aromatic N) is 1. The number of hydrogen-bond acceptors (Lipinski definition) is 4. The molecule has 2 heterocycles. The molecule has 0 aliphatic rings. The standard InChI is InChI=1S/C17H18BrN3O2S2/c1-10-7-15(21-20-10)16-11(2)24-12(3)17(16)25(22,23)19-9-13-5-4-6-14(18)8-13/h4-8,19H,9H2,1-3H3,(H,20,21). The Morgan fingerprint density at radius 2 is 1.96 bits per heavy atom. The van der Waals surface area contributed by atoms with E-state index >= 15 is 0 Å². The highest BCUT2D eigenvalue weighted by atomic mass is 79.9. The maximum absolute atomic E-state index is 13.0. The second-order valence-electron chi connectivity index (χ2n) is 5.81. The van der Waals surface area contributed by atoms with E-state index in [9.17, 15) is 8.42 Å². The monoisotopic (exact) mass is 439 g/mol. The van der Waals surface area contributed by atoms with E-state index in [2.05, 4.69) is 30.8 Å². The summed E-state index contributed by atoms with van der Waals surface area (Å²) in [4.78, 5) is 2.01. The van der Waals surface area contributed by atoms with E-state index in [0.29, 0.717) is 16.2 Å². The van der Waals surface area contributed by atoms with Gasteiger partial charge in [0.1, 0.15) is 4.90 Å². The Bertz CT molecular complexity index is 1020. The van der Waals surface area contributed by atoms with Gasteiger partial charge in [0.25, 0.3) is 0 Å². The lowest BCUT2D eigenvalue weighted by molar-refractivity contribution is 0.581. The molecule has 0 aliphatic carbocycles. The quantitative estimate of drug-likeness (QED) is 0.621. The van der Waals surface area contributed by atoms with Crippen LogP contribution in [0, 0.1) is 20.8 Å². The van der Waals surface area contributed by atoms with Crippen LogP contribution in [0.15, 0.2) is 39.7 Å². The lowest BCUT2D eigenvalue weighted by atomic mass is 10.2. The van der Waals surface area contributed by atoms with Crippen molar-refractivity contribution in [2.24, 2.45) is 0 Å². The SMILES string of the molecule is Cc1cc(-c2c(C)sc(C)c2S(=O)(=O)NCc2cccc(Br)c2)n[nH]1. The minimum Gasteiger partial charge on any atom is -0.282 e. The second kappa shape index (κ2) is 7.03. The van der Waals surface area contributed by atoms with E-state index in [1.165, 1.54) is 11.3 Å². The first-order valence-electron chi connectivity index (χ1n) is 7.64. The molecule has 8 heteroatoms. The van der Waals surface area contributed by atoms with E-state index in [4.69, 9.17) is 0 Å². The molecule has 3 aromatic rings. The Kier molecular flexibility index (Phi) is 5.15. The summed E-state index contributed by atoms with van der Waals surface area (Å²) >= 11 is 4.87. The number of sulfonamides is 1. The molecule has 0 radical (unpaired) electrons. The highest BCUT2D eigenvalue weighted by molar-refractivity contribution is 9.10. The number of halogens is 1. The van der Waals surface area contributed by atoms with Crippen LogP contribution in [0.3, 0.4) is 0 Å². The van der Waals surface area contributed by atoms with Crippen molar-refractivity contribution >= 4 is 37.3 Å². The first kappa shape index (κ1) is 18.3. The van der Waals surface area contributed by atoms with Crippen LogP contribution in [0.25, 0.3) is 11.3 Å². The van der Waals surface area contributed by atoms with Gasteiger partial charge in [0.05, 0.1) is 5.69 Å². The topological polar surface area (TPSA) is 74.8 Å². The zero-order valence-corrected chi connectivity index (χ0v) is 17.3. The normalized spacial score (nSPS) is 11.8. The maximum atomic E-state index is 13.0. The number of aromatic nitrogens is 2. The van der Waals surface area contributed by atoms with Crippen molar-refractivity contribution in [2.75, 3.05) is 0 Å². The third kappa shape index (κ3) is 3.87. The molecule has 3 rings (SSSR count). The molecule has 0 unspecified atom stereocenters. The van der Waals surface area contributed by atoms with Crippen LogP contribution in [-0.4, -0.2) is 18.6 Å². The average molecular weight is 440 g/mol. The fraction of sp³-hybridized carbons (Fsp3) is 0.235. The zero-order chi connectivity index (χ0) is 18.2. The number of rotatable bonds is 5. The van der Waals surface area contributed by atoms with Crippen LogP contribution in [0.1, 0.15) is 21.0 Å². The molecule has 0 aliphatic heterocycles. The number of aryl methyl sites for hydroxylation is 3. The van der Waals surface area contributed by atoms with E-state index in [0.717, 1.165) is 25.5 Å². The summed E-state index contributed by atoms with van der Waals surface area (Å²) in [5.74, 6) is 0. The Labute approximate surface area is 159 Å². The molecule has 0 saturated carbocycles. The van der Waals surface area contributed by atoms with E-state index in [1.807, 2.05) is 51.1 Å². The predicted molar refractivity (Wildman–Crippen MR) is 104 cm³/mol. The van der Waals surface area contributed by atoms with Gasteiger partial charge in [-0.3, -0.25) is 5.10 Å². The minimum atomic E-state index is -3.66. The summed E-state index contributed by atoms with van der Waals surface area (Å²) in [6.07, 6.45) is 0. The summed E-state index contributed by atoms with van der Waals surface area (Å²) in [6.45, 7) is 5.87. The number of nitrogens with one attached hydrogen (secondary N) is 2. The van der Waals surface area contributed by atoms with Gasteiger partial charge in [-0.05, 0) is 44.5 Å². The average Bonchev–Trinajstić information content (AvgIpc) is 3.08. The molecule has 132 valence electrons. The summed E-state index contributed by atoms with van der Waals surface area (Å²) in [6, 6.07) is 9.43. The molecule has 2 aromatic heterocycles. The Morgan fingerprint density at radius 3 is 2.60 bits per heavy atom. The number of benzene rings is 1. The number of hydrogen-bond donors (Lipinski definition) is 2. The van der Waals surface area contributed by atoms with Gasteiger partial charge < -0.3 is 0 Å². The molecule has 0 bridgehead atoms. The molecule has 0 amide bonds. The molecule has 2 N–H and O–H groups in total. The third-order valence-corrected chi connectivity index (χ3v) is 7.01. The van der Waals surface area contributed by atoms with Crippen molar-refractivity contribution in [3.63, 3.8) is 0 Å². The number of H-pyrrole nitrogens is 1. The Balaban J connectivity index is 1.97. The number of thiophene rings is 1. The van der Waals surface area contributed by atoms with Crippen molar-refractivity contribution < 1.29 is 8.42 Å². The molecular formula is C17H18BrN3O2S2. The van der Waals surface area contributed by atoms with E-state index in [1.54, 1.807) is 0 Å². The predicted octanol–water partition coefficient (Wildman–Crippen LogP) is 4.30. The van der Waals surface area contributed by atoms with Gasteiger partial charge in [-0.2, -0.15) is 5.10 Å². The fourth-order valence-electron chi connectivity index (χ4n) is 2.73. The molecule has 0 atom stereocenters. The first-order chi connectivity index (χ1) is 11.8. The maximum Gasteiger partial charge on any atom is 0.242 e. The van der Waals surface area contributed by atoms with Crippen molar-refractivity contribution in [1.29, 1.82) is 0 Å². The van der Waals surface area contributed by atoms with Gasteiger partial charge in [0.15, 0.2) is 0 Å². The van der Waals surface area contributed by atoms with Crippen LogP contribution < -0.4 is 4.72 Å². The van der Waals surface area contributed by atoms with Crippen molar-refractivity contribution in [3.8, 4) is 11.3 Å². The van der Waals surface area contributed by atoms with Gasteiger partial charge in [0, 0.05) is 32.0 Å². The third-order valence-electron chi connectivity index (χ3n) is 3.79. The highest BCUT2D eigenvalue weighted by Gasteiger charge is 2.27. The van der Waals surface area contributed by atoms with Crippen molar-refractivity contribution in [2.45, 2.75) is 32.2 Å². The largest absolute Gasteiger partial charge is 0.282 e. The highest BCUT2D eigenvalue weighted by Crippen LogP contribution is 2.38. The van der Waals surface area contributed by atoms with E-state index < -0.39 is 10.0 Å². The molecule has 0 saturated heterocycles. The van der Waals surface area contributed by atoms with Crippen molar-refractivity contribution in [3.05, 3.63) is 55.8 Å². The molecule has 25 heavy (non-hydrogen) atoms. The van der Waals surface area contributed by atoms with Crippen LogP contribution in [0.4, 0.5) is 0 Å².